The second-order valence-electron chi connectivity index (χ2n) is 6.00. The molecule has 0 aliphatic rings. The zero-order valence-corrected chi connectivity index (χ0v) is 14.2. The summed E-state index contributed by atoms with van der Waals surface area (Å²) in [6.07, 6.45) is 6.66. The summed E-state index contributed by atoms with van der Waals surface area (Å²) in [5.41, 5.74) is 8.31. The number of fused-ring (bicyclic) bond motifs is 1. The molecule has 2 N–H and O–H groups in total. The average molecular weight is 359 g/mol. The van der Waals surface area contributed by atoms with Crippen molar-refractivity contribution in [3.05, 3.63) is 72.3 Å². The number of aryl methyl sites for hydroxylation is 1. The number of rotatable bonds is 5. The molecule has 1 radical (unpaired) electrons. The summed E-state index contributed by atoms with van der Waals surface area (Å²) < 4.78 is 2.77. The summed E-state index contributed by atoms with van der Waals surface area (Å²) >= 11 is 0. The van der Waals surface area contributed by atoms with Gasteiger partial charge in [0.05, 0.1) is 17.5 Å². The van der Waals surface area contributed by atoms with E-state index in [0.29, 0.717) is 29.7 Å². The van der Waals surface area contributed by atoms with Crippen LogP contribution in [0.1, 0.15) is 27.1 Å². The Morgan fingerprint density at radius 3 is 2.70 bits per heavy atom. The Balaban J connectivity index is 1.59. The zero-order chi connectivity index (χ0) is 18.8. The molecular formula is C19H15N6O2. The van der Waals surface area contributed by atoms with E-state index in [1.54, 1.807) is 24.5 Å². The van der Waals surface area contributed by atoms with E-state index in [1.165, 1.54) is 9.20 Å². The summed E-state index contributed by atoms with van der Waals surface area (Å²) in [5, 5.41) is 8.18. The largest absolute Gasteiger partial charge is 0.365 e. The molecule has 0 unspecified atom stereocenters. The van der Waals surface area contributed by atoms with Crippen LogP contribution in [0.15, 0.2) is 54.9 Å². The van der Waals surface area contributed by atoms with E-state index >= 15 is 0 Å². The third-order valence-corrected chi connectivity index (χ3v) is 4.25. The highest BCUT2D eigenvalue weighted by molar-refractivity contribution is 5.99. The Morgan fingerprint density at radius 2 is 1.93 bits per heavy atom. The standard InChI is InChI=1S/C19H15N6O2/c20-18(27)15-7-8-16(25-19(15)21-12-23-25)14-10-22-24(11-14)17(26)9-6-13-4-2-1-3-5-13/h1-5,7-8,10-11H,6,9H2,(H2,20,27). The Hall–Kier alpha value is -3.81. The highest BCUT2D eigenvalue weighted by Gasteiger charge is 2.15. The van der Waals surface area contributed by atoms with Gasteiger partial charge in [-0.3, -0.25) is 9.59 Å². The fraction of sp³-hybridized carbons (Fsp3) is 0.105. The average Bonchev–Trinajstić information content (AvgIpc) is 3.35. The van der Waals surface area contributed by atoms with Crippen LogP contribution < -0.4 is 5.73 Å². The number of nitrogens with zero attached hydrogens (tertiary/aromatic N) is 5. The molecule has 0 spiro atoms. The monoisotopic (exact) mass is 359 g/mol. The molecule has 1 aromatic carbocycles. The normalized spacial score (nSPS) is 11.0. The molecule has 1 amide bonds. The molecule has 0 atom stereocenters. The van der Waals surface area contributed by atoms with Crippen LogP contribution in [-0.2, 0) is 6.42 Å². The minimum Gasteiger partial charge on any atom is -0.365 e. The number of primary amides is 1. The molecule has 3 heterocycles. The number of carbonyl (C=O) groups excluding carboxylic acids is 2. The van der Waals surface area contributed by atoms with Crippen molar-refractivity contribution in [1.82, 2.24) is 24.4 Å². The number of benzene rings is 1. The molecule has 4 aromatic rings. The first-order valence-electron chi connectivity index (χ1n) is 8.31. The van der Waals surface area contributed by atoms with Crippen molar-refractivity contribution in [2.24, 2.45) is 5.73 Å². The minimum absolute atomic E-state index is 0.111. The topological polar surface area (TPSA) is 108 Å². The van der Waals surface area contributed by atoms with Crippen molar-refractivity contribution in [3.8, 4) is 11.3 Å². The lowest BCUT2D eigenvalue weighted by molar-refractivity contribution is 0.0886. The summed E-state index contributed by atoms with van der Waals surface area (Å²) in [6, 6.07) is 13.1. The number of hydrogen-bond acceptors (Lipinski definition) is 5. The molecule has 0 fully saturated rings. The van der Waals surface area contributed by atoms with Crippen LogP contribution in [-0.4, -0.2) is 36.2 Å². The van der Waals surface area contributed by atoms with Gasteiger partial charge < -0.3 is 5.73 Å². The van der Waals surface area contributed by atoms with E-state index in [2.05, 4.69) is 21.5 Å². The Labute approximate surface area is 154 Å². The van der Waals surface area contributed by atoms with E-state index in [-0.39, 0.29) is 11.5 Å². The first-order chi connectivity index (χ1) is 13.1. The maximum absolute atomic E-state index is 12.4. The van der Waals surface area contributed by atoms with Gasteiger partial charge in [-0.15, -0.1) is 5.10 Å². The third kappa shape index (κ3) is 3.20. The van der Waals surface area contributed by atoms with Crippen molar-refractivity contribution in [1.29, 1.82) is 0 Å². The minimum atomic E-state index is -0.597. The first kappa shape index (κ1) is 16.6. The van der Waals surface area contributed by atoms with Crippen molar-refractivity contribution in [2.75, 3.05) is 0 Å². The Bertz CT molecular complexity index is 1130. The van der Waals surface area contributed by atoms with Crippen LogP contribution in [0.5, 0.6) is 0 Å². The third-order valence-electron chi connectivity index (χ3n) is 4.25. The fourth-order valence-corrected chi connectivity index (χ4v) is 2.87. The van der Waals surface area contributed by atoms with Gasteiger partial charge in [-0.05, 0) is 24.1 Å². The van der Waals surface area contributed by atoms with E-state index in [0.717, 1.165) is 5.56 Å². The molecule has 3 aromatic heterocycles. The van der Waals surface area contributed by atoms with Crippen LogP contribution in [0.2, 0.25) is 0 Å². The summed E-state index contributed by atoms with van der Waals surface area (Å²) in [4.78, 5) is 27.9. The van der Waals surface area contributed by atoms with Gasteiger partial charge >= 0.3 is 0 Å². The number of amides is 1. The van der Waals surface area contributed by atoms with Crippen molar-refractivity contribution in [3.63, 3.8) is 0 Å². The van der Waals surface area contributed by atoms with Gasteiger partial charge in [0.1, 0.15) is 0 Å². The first-order valence-corrected chi connectivity index (χ1v) is 8.31. The second kappa shape index (κ2) is 6.83. The van der Waals surface area contributed by atoms with Gasteiger partial charge in [-0.2, -0.15) is 5.10 Å². The summed E-state index contributed by atoms with van der Waals surface area (Å²) in [5.74, 6) is -0.708. The van der Waals surface area contributed by atoms with Crippen molar-refractivity contribution in [2.45, 2.75) is 12.8 Å². The molecule has 0 aliphatic heterocycles. The SMILES string of the molecule is NC(=O)c1ccc(-c2cnn(C(=O)CCc3ccccc3)c2)n2n[c]nc12. The van der Waals surface area contributed by atoms with Gasteiger partial charge in [0, 0.05) is 18.2 Å². The molecule has 0 bridgehead atoms. The maximum Gasteiger partial charge on any atom is 0.252 e. The number of nitrogens with two attached hydrogens (primary N) is 1. The Morgan fingerprint density at radius 1 is 1.11 bits per heavy atom. The predicted molar refractivity (Wildman–Crippen MR) is 97.0 cm³/mol. The fourth-order valence-electron chi connectivity index (χ4n) is 2.87. The zero-order valence-electron chi connectivity index (χ0n) is 14.2. The molecule has 133 valence electrons. The molecule has 27 heavy (non-hydrogen) atoms. The summed E-state index contributed by atoms with van der Waals surface area (Å²) in [6.45, 7) is 0. The van der Waals surface area contributed by atoms with Crippen LogP contribution in [0.4, 0.5) is 0 Å². The van der Waals surface area contributed by atoms with Gasteiger partial charge in [-0.25, -0.2) is 14.2 Å². The highest BCUT2D eigenvalue weighted by Crippen LogP contribution is 2.21. The quantitative estimate of drug-likeness (QED) is 0.584. The number of aromatic nitrogens is 5. The number of hydrogen-bond donors (Lipinski definition) is 1. The Kier molecular flexibility index (Phi) is 4.21. The lowest BCUT2D eigenvalue weighted by Crippen LogP contribution is -2.13. The number of carbonyl (C=O) groups is 2. The second-order valence-corrected chi connectivity index (χ2v) is 6.00. The van der Waals surface area contributed by atoms with E-state index in [1.807, 2.05) is 30.3 Å². The smallest absolute Gasteiger partial charge is 0.252 e. The maximum atomic E-state index is 12.4. The van der Waals surface area contributed by atoms with Crippen LogP contribution in [0.3, 0.4) is 0 Å². The van der Waals surface area contributed by atoms with Gasteiger partial charge in [-0.1, -0.05) is 30.3 Å². The molecule has 8 nitrogen and oxygen atoms in total. The lowest BCUT2D eigenvalue weighted by Gasteiger charge is -2.04. The van der Waals surface area contributed by atoms with Crippen LogP contribution >= 0.6 is 0 Å². The molecule has 4 rings (SSSR count). The predicted octanol–water partition coefficient (Wildman–Crippen LogP) is 1.76. The van der Waals surface area contributed by atoms with Crippen molar-refractivity contribution >= 4 is 17.5 Å². The van der Waals surface area contributed by atoms with E-state index < -0.39 is 5.91 Å². The van der Waals surface area contributed by atoms with Crippen LogP contribution in [0, 0.1) is 6.33 Å². The molecular weight excluding hydrogens is 344 g/mol. The molecule has 0 saturated heterocycles. The van der Waals surface area contributed by atoms with Crippen molar-refractivity contribution < 1.29 is 9.59 Å². The van der Waals surface area contributed by atoms with Gasteiger partial charge in [0.25, 0.3) is 5.91 Å². The molecule has 0 aliphatic carbocycles. The van der Waals surface area contributed by atoms with E-state index in [9.17, 15) is 9.59 Å². The van der Waals surface area contributed by atoms with Crippen LogP contribution in [0.25, 0.3) is 16.9 Å². The van der Waals surface area contributed by atoms with Gasteiger partial charge in [0.15, 0.2) is 5.65 Å². The lowest BCUT2D eigenvalue weighted by atomic mass is 10.1. The molecule has 0 saturated carbocycles. The highest BCUT2D eigenvalue weighted by atomic mass is 16.2. The number of pyridine rings is 1. The summed E-state index contributed by atoms with van der Waals surface area (Å²) in [7, 11) is 0. The van der Waals surface area contributed by atoms with E-state index in [4.69, 9.17) is 5.73 Å². The molecule has 8 heteroatoms. The van der Waals surface area contributed by atoms with Gasteiger partial charge in [0.2, 0.25) is 12.2 Å².